The van der Waals surface area contributed by atoms with Crippen LogP contribution < -0.4 is 20.1 Å². The molecular weight excluding hydrogens is 449 g/mol. The lowest BCUT2D eigenvalue weighted by Crippen LogP contribution is -2.35. The minimum absolute atomic E-state index is 0.0510. The summed E-state index contributed by atoms with van der Waals surface area (Å²) in [4.78, 5) is 12.8. The number of hydrogen-bond donors (Lipinski definition) is 2. The Kier molecular flexibility index (Phi) is 4.89. The summed E-state index contributed by atoms with van der Waals surface area (Å²) in [7, 11) is 0. The number of carbonyl (C=O) groups is 1. The molecule has 166 valence electrons. The van der Waals surface area contributed by atoms with E-state index in [1.165, 1.54) is 0 Å². The first-order valence-corrected chi connectivity index (χ1v) is 10.1. The number of hydrogen-bond acceptors (Lipinski definition) is 5. The SMILES string of the molecule is O=C(Nc1ccc2c(c1)OCO2)c1nn2c(c1Cl)N[C@H](c1ccccc1)C[C@H]2C(F)(F)F. The van der Waals surface area contributed by atoms with Gasteiger partial charge >= 0.3 is 6.18 Å². The van der Waals surface area contributed by atoms with Crippen LogP contribution in [0.2, 0.25) is 5.02 Å². The van der Waals surface area contributed by atoms with Crippen LogP contribution in [0.5, 0.6) is 11.5 Å². The van der Waals surface area contributed by atoms with Gasteiger partial charge in [0.25, 0.3) is 5.91 Å². The van der Waals surface area contributed by atoms with Crippen molar-refractivity contribution in [1.82, 2.24) is 9.78 Å². The highest BCUT2D eigenvalue weighted by Crippen LogP contribution is 2.46. The minimum atomic E-state index is -4.58. The molecule has 0 unspecified atom stereocenters. The molecule has 1 aromatic heterocycles. The Morgan fingerprint density at radius 1 is 1.16 bits per heavy atom. The Balaban J connectivity index is 1.47. The fourth-order valence-electron chi connectivity index (χ4n) is 3.80. The number of aromatic nitrogens is 2. The molecule has 2 aliphatic heterocycles. The van der Waals surface area contributed by atoms with Gasteiger partial charge in [0.1, 0.15) is 10.8 Å². The average molecular weight is 465 g/mol. The number of anilines is 2. The summed E-state index contributed by atoms with van der Waals surface area (Å²) in [5.41, 5.74) is 0.732. The van der Waals surface area contributed by atoms with Crippen LogP contribution in [0.4, 0.5) is 24.7 Å². The standard InChI is InChI=1S/C21H16ClF3N4O3/c22-17-18(20(30)26-12-6-7-14-15(8-12)32-10-31-14)28-29-16(21(23,24)25)9-13(27-19(17)29)11-4-2-1-3-5-11/h1-8,13,16,27H,9-10H2,(H,26,30)/t13-,16-/m0/s1. The van der Waals surface area contributed by atoms with Crippen molar-refractivity contribution in [2.75, 3.05) is 17.4 Å². The molecule has 0 saturated carbocycles. The molecule has 3 heterocycles. The van der Waals surface area contributed by atoms with Crippen LogP contribution in [0.1, 0.15) is 34.6 Å². The van der Waals surface area contributed by atoms with Crippen molar-refractivity contribution < 1.29 is 27.4 Å². The number of amides is 1. The number of rotatable bonds is 3. The predicted octanol–water partition coefficient (Wildman–Crippen LogP) is 5.18. The topological polar surface area (TPSA) is 77.4 Å². The van der Waals surface area contributed by atoms with Gasteiger partial charge in [-0.05, 0) is 17.7 Å². The van der Waals surface area contributed by atoms with Crippen molar-refractivity contribution >= 4 is 29.0 Å². The van der Waals surface area contributed by atoms with E-state index in [0.29, 0.717) is 22.7 Å². The summed E-state index contributed by atoms with van der Waals surface area (Å²) < 4.78 is 52.8. The highest BCUT2D eigenvalue weighted by molar-refractivity contribution is 6.36. The maximum atomic E-state index is 13.9. The van der Waals surface area contributed by atoms with Crippen molar-refractivity contribution in [2.45, 2.75) is 24.7 Å². The van der Waals surface area contributed by atoms with Gasteiger partial charge in [-0.2, -0.15) is 18.3 Å². The monoisotopic (exact) mass is 464 g/mol. The summed E-state index contributed by atoms with van der Waals surface area (Å²) in [5, 5.41) is 9.35. The third kappa shape index (κ3) is 3.60. The first-order valence-electron chi connectivity index (χ1n) is 9.68. The van der Waals surface area contributed by atoms with E-state index in [-0.39, 0.29) is 29.7 Å². The summed E-state index contributed by atoms with van der Waals surface area (Å²) >= 11 is 6.35. The average Bonchev–Trinajstić information content (AvgIpc) is 3.37. The van der Waals surface area contributed by atoms with Crippen molar-refractivity contribution in [3.05, 3.63) is 64.8 Å². The fourth-order valence-corrected chi connectivity index (χ4v) is 4.07. The maximum Gasteiger partial charge on any atom is 0.410 e. The zero-order valence-corrected chi connectivity index (χ0v) is 17.1. The number of ether oxygens (including phenoxy) is 2. The number of nitrogens with one attached hydrogen (secondary N) is 2. The van der Waals surface area contributed by atoms with Crippen LogP contribution in [-0.4, -0.2) is 28.7 Å². The molecule has 0 saturated heterocycles. The second kappa shape index (κ2) is 7.63. The molecule has 3 aromatic rings. The third-order valence-electron chi connectivity index (χ3n) is 5.34. The molecule has 2 N–H and O–H groups in total. The summed E-state index contributed by atoms with van der Waals surface area (Å²) in [6, 6.07) is 10.9. The van der Waals surface area contributed by atoms with E-state index in [0.717, 1.165) is 4.68 Å². The van der Waals surface area contributed by atoms with Gasteiger partial charge in [-0.25, -0.2) is 4.68 Å². The smallest absolute Gasteiger partial charge is 0.410 e. The molecule has 0 spiro atoms. The van der Waals surface area contributed by atoms with E-state index in [1.54, 1.807) is 48.5 Å². The van der Waals surface area contributed by atoms with E-state index >= 15 is 0 Å². The lowest BCUT2D eigenvalue weighted by atomic mass is 9.97. The molecule has 11 heteroatoms. The van der Waals surface area contributed by atoms with E-state index in [1.807, 2.05) is 0 Å². The summed E-state index contributed by atoms with van der Waals surface area (Å²) in [5.74, 6) is 0.185. The maximum absolute atomic E-state index is 13.9. The van der Waals surface area contributed by atoms with Gasteiger partial charge in [0, 0.05) is 18.2 Å². The Morgan fingerprint density at radius 3 is 2.66 bits per heavy atom. The van der Waals surface area contributed by atoms with Crippen LogP contribution in [0.15, 0.2) is 48.5 Å². The van der Waals surface area contributed by atoms with Crippen molar-refractivity contribution in [1.29, 1.82) is 0 Å². The number of alkyl halides is 3. The molecule has 5 rings (SSSR count). The normalized spacial score (nSPS) is 19.2. The highest BCUT2D eigenvalue weighted by atomic mass is 35.5. The molecule has 2 aliphatic rings. The van der Waals surface area contributed by atoms with E-state index < -0.39 is 24.2 Å². The van der Waals surface area contributed by atoms with E-state index in [4.69, 9.17) is 21.1 Å². The zero-order valence-electron chi connectivity index (χ0n) is 16.3. The molecule has 0 aliphatic carbocycles. The molecule has 2 aromatic carbocycles. The van der Waals surface area contributed by atoms with Crippen molar-refractivity contribution in [3.63, 3.8) is 0 Å². The number of fused-ring (bicyclic) bond motifs is 2. The molecule has 0 bridgehead atoms. The van der Waals surface area contributed by atoms with Gasteiger partial charge in [-0.3, -0.25) is 4.79 Å². The Labute approximate surface area is 185 Å². The quantitative estimate of drug-likeness (QED) is 0.558. The van der Waals surface area contributed by atoms with Crippen LogP contribution >= 0.6 is 11.6 Å². The van der Waals surface area contributed by atoms with Gasteiger partial charge in [-0.1, -0.05) is 41.9 Å². The summed E-state index contributed by atoms with van der Waals surface area (Å²) in [6.07, 6.45) is -4.87. The minimum Gasteiger partial charge on any atom is -0.454 e. The van der Waals surface area contributed by atoms with Gasteiger partial charge in [0.15, 0.2) is 23.2 Å². The van der Waals surface area contributed by atoms with Crippen LogP contribution in [0.3, 0.4) is 0 Å². The first kappa shape index (κ1) is 20.5. The van der Waals surface area contributed by atoms with Gasteiger partial charge in [-0.15, -0.1) is 0 Å². The number of carbonyl (C=O) groups excluding carboxylic acids is 1. The third-order valence-corrected chi connectivity index (χ3v) is 5.70. The Morgan fingerprint density at radius 2 is 1.91 bits per heavy atom. The largest absolute Gasteiger partial charge is 0.454 e. The second-order valence-electron chi connectivity index (χ2n) is 7.38. The van der Waals surface area contributed by atoms with Gasteiger partial charge < -0.3 is 20.1 Å². The van der Waals surface area contributed by atoms with E-state index in [2.05, 4.69) is 15.7 Å². The lowest BCUT2D eigenvalue weighted by molar-refractivity contribution is -0.173. The predicted molar refractivity (Wildman–Crippen MR) is 110 cm³/mol. The highest BCUT2D eigenvalue weighted by Gasteiger charge is 2.47. The second-order valence-corrected chi connectivity index (χ2v) is 7.76. The fraction of sp³-hybridized carbons (Fsp3) is 0.238. The van der Waals surface area contributed by atoms with Crippen molar-refractivity contribution in [3.8, 4) is 11.5 Å². The molecule has 1 amide bonds. The number of halogens is 4. The molecule has 32 heavy (non-hydrogen) atoms. The van der Waals surface area contributed by atoms with Crippen LogP contribution in [-0.2, 0) is 0 Å². The first-order chi connectivity index (χ1) is 15.3. The Hall–Kier alpha value is -3.40. The lowest BCUT2D eigenvalue weighted by Gasteiger charge is -2.33. The molecule has 0 fully saturated rings. The molecule has 7 nitrogen and oxygen atoms in total. The van der Waals surface area contributed by atoms with Crippen molar-refractivity contribution in [2.24, 2.45) is 0 Å². The summed E-state index contributed by atoms with van der Waals surface area (Å²) in [6.45, 7) is 0.0689. The van der Waals surface area contributed by atoms with Crippen LogP contribution in [0.25, 0.3) is 0 Å². The number of nitrogens with zero attached hydrogens (tertiary/aromatic N) is 2. The number of benzene rings is 2. The molecule has 0 radical (unpaired) electrons. The zero-order chi connectivity index (χ0) is 22.5. The molecule has 2 atom stereocenters. The molecular formula is C21H16ClF3N4O3. The van der Waals surface area contributed by atoms with Gasteiger partial charge in [0.2, 0.25) is 6.79 Å². The van der Waals surface area contributed by atoms with Gasteiger partial charge in [0.05, 0.1) is 6.04 Å². The van der Waals surface area contributed by atoms with Crippen LogP contribution in [0, 0.1) is 0 Å². The van der Waals surface area contributed by atoms with E-state index in [9.17, 15) is 18.0 Å². The Bertz CT molecular complexity index is 1180.